The van der Waals surface area contributed by atoms with Gasteiger partial charge in [0.1, 0.15) is 17.4 Å². The van der Waals surface area contributed by atoms with E-state index in [1.165, 1.54) is 32.7 Å². The van der Waals surface area contributed by atoms with Crippen LogP contribution in [0.4, 0.5) is 19.9 Å². The van der Waals surface area contributed by atoms with Gasteiger partial charge in [0.2, 0.25) is 10.3 Å². The Morgan fingerprint density at radius 3 is 1.74 bits per heavy atom. The summed E-state index contributed by atoms with van der Waals surface area (Å²) in [6.45, 7) is 16.4. The zero-order valence-electron chi connectivity index (χ0n) is 31.6. The number of amides is 4. The van der Waals surface area contributed by atoms with Crippen LogP contribution < -0.4 is 20.7 Å². The van der Waals surface area contributed by atoms with Crippen LogP contribution in [0.15, 0.2) is 35.3 Å². The van der Waals surface area contributed by atoms with Crippen molar-refractivity contribution in [3.05, 3.63) is 82.6 Å². The number of anilines is 2. The van der Waals surface area contributed by atoms with Gasteiger partial charge in [-0.1, -0.05) is 29.6 Å². The van der Waals surface area contributed by atoms with E-state index in [0.717, 1.165) is 39.1 Å². The first-order chi connectivity index (χ1) is 25.9. The molecular formula is C36H43N13O3S2. The van der Waals surface area contributed by atoms with Gasteiger partial charge in [0.25, 0.3) is 0 Å². The Bertz CT molecular complexity index is 2080. The van der Waals surface area contributed by atoms with Crippen molar-refractivity contribution in [1.82, 2.24) is 55.1 Å². The van der Waals surface area contributed by atoms with E-state index in [0.29, 0.717) is 59.6 Å². The SMILES string of the molecule is CCc1cnc(CCNC(=O)N(c2nc(C)c(-c3cc(C)nc(C)n3)s2)N(C(=O)NCCc2cn(CC)cn2)c2nc(C)c(-c3cc(C)nc(C)n3)s2)o1. The normalized spacial score (nSPS) is 11.2. The molecule has 0 aliphatic carbocycles. The lowest BCUT2D eigenvalue weighted by atomic mass is 10.2. The van der Waals surface area contributed by atoms with Crippen LogP contribution in [0.25, 0.3) is 21.1 Å². The van der Waals surface area contributed by atoms with Crippen LogP contribution in [0, 0.1) is 41.5 Å². The lowest BCUT2D eigenvalue weighted by Gasteiger charge is -2.30. The molecule has 0 saturated carbocycles. The lowest BCUT2D eigenvalue weighted by molar-refractivity contribution is 0.237. The summed E-state index contributed by atoms with van der Waals surface area (Å²) < 4.78 is 7.74. The Morgan fingerprint density at radius 1 is 0.741 bits per heavy atom. The molecule has 282 valence electrons. The van der Waals surface area contributed by atoms with Crippen LogP contribution in [-0.4, -0.2) is 69.6 Å². The maximum absolute atomic E-state index is 14.5. The molecule has 16 nitrogen and oxygen atoms in total. The van der Waals surface area contributed by atoms with E-state index in [1.807, 2.05) is 78.3 Å². The second kappa shape index (κ2) is 16.6. The highest BCUT2D eigenvalue weighted by Gasteiger charge is 2.35. The number of nitrogens with one attached hydrogen (secondary N) is 2. The average molecular weight is 770 g/mol. The Hall–Kier alpha value is -5.62. The first-order valence-corrected chi connectivity index (χ1v) is 19.3. The van der Waals surface area contributed by atoms with E-state index in [9.17, 15) is 9.59 Å². The van der Waals surface area contributed by atoms with Crippen LogP contribution in [0.1, 0.15) is 65.6 Å². The van der Waals surface area contributed by atoms with Gasteiger partial charge in [-0.05, 0) is 60.6 Å². The topological polar surface area (TPSA) is 186 Å². The van der Waals surface area contributed by atoms with Gasteiger partial charge in [-0.3, -0.25) is 0 Å². The maximum Gasteiger partial charge on any atom is 0.343 e. The predicted octanol–water partition coefficient (Wildman–Crippen LogP) is 6.26. The molecule has 6 aromatic rings. The molecule has 0 spiro atoms. The zero-order chi connectivity index (χ0) is 38.5. The number of hydrogen-bond acceptors (Lipinski definition) is 13. The fraction of sp³-hybridized carbons (Fsp3) is 0.389. The molecule has 0 unspecified atom stereocenters. The number of carbonyl (C=O) groups is 2. The smallest absolute Gasteiger partial charge is 0.343 e. The summed E-state index contributed by atoms with van der Waals surface area (Å²) in [6.07, 6.45) is 6.91. The number of nitrogens with zero attached hydrogens (tertiary/aromatic N) is 11. The number of hydrogen-bond donors (Lipinski definition) is 2. The van der Waals surface area contributed by atoms with Crippen LogP contribution in [-0.2, 0) is 25.8 Å². The van der Waals surface area contributed by atoms with Crippen molar-refractivity contribution >= 4 is 45.0 Å². The highest BCUT2D eigenvalue weighted by Crippen LogP contribution is 2.39. The van der Waals surface area contributed by atoms with E-state index in [2.05, 4.69) is 40.5 Å². The summed E-state index contributed by atoms with van der Waals surface area (Å²) in [5.41, 5.74) is 5.02. The Balaban J connectivity index is 1.41. The highest BCUT2D eigenvalue weighted by atomic mass is 32.1. The summed E-state index contributed by atoms with van der Waals surface area (Å²) in [7, 11) is 0. The Kier molecular flexibility index (Phi) is 11.7. The second-order valence-electron chi connectivity index (χ2n) is 12.6. The number of hydrazine groups is 1. The van der Waals surface area contributed by atoms with E-state index in [4.69, 9.17) is 14.4 Å². The molecule has 0 fully saturated rings. The van der Waals surface area contributed by atoms with Crippen molar-refractivity contribution < 1.29 is 14.0 Å². The number of rotatable bonds is 12. The van der Waals surface area contributed by atoms with E-state index in [1.54, 1.807) is 12.5 Å². The van der Waals surface area contributed by atoms with Crippen LogP contribution in [0.2, 0.25) is 0 Å². The molecule has 0 aliphatic heterocycles. The molecule has 0 aliphatic rings. The van der Waals surface area contributed by atoms with Gasteiger partial charge < -0.3 is 19.6 Å². The van der Waals surface area contributed by atoms with Gasteiger partial charge in [-0.2, -0.15) is 10.0 Å². The number of imidazole rings is 1. The average Bonchev–Trinajstić information content (AvgIpc) is 3.93. The fourth-order valence-corrected chi connectivity index (χ4v) is 7.71. The van der Waals surface area contributed by atoms with Crippen LogP contribution >= 0.6 is 22.7 Å². The zero-order valence-corrected chi connectivity index (χ0v) is 33.2. The minimum atomic E-state index is -0.604. The Morgan fingerprint density at radius 2 is 1.28 bits per heavy atom. The van der Waals surface area contributed by atoms with E-state index in [-0.39, 0.29) is 23.4 Å². The quantitative estimate of drug-likeness (QED) is 0.134. The van der Waals surface area contributed by atoms with Crippen molar-refractivity contribution in [2.24, 2.45) is 0 Å². The third kappa shape index (κ3) is 8.77. The largest absolute Gasteiger partial charge is 0.446 e. The molecule has 0 bridgehead atoms. The molecular weight excluding hydrogens is 727 g/mol. The summed E-state index contributed by atoms with van der Waals surface area (Å²) >= 11 is 2.47. The van der Waals surface area contributed by atoms with E-state index < -0.39 is 12.1 Å². The summed E-state index contributed by atoms with van der Waals surface area (Å²) in [5.74, 6) is 2.47. The molecule has 2 N–H and O–H groups in total. The molecule has 54 heavy (non-hydrogen) atoms. The van der Waals surface area contributed by atoms with Crippen molar-refractivity contribution in [3.8, 4) is 21.1 Å². The third-order valence-electron chi connectivity index (χ3n) is 8.19. The third-order valence-corrected chi connectivity index (χ3v) is 10.5. The number of aromatic nitrogens is 9. The standard InChI is InChI=1S/C36H43N13O3S2/c1-9-27-17-39-30(52-27)12-14-38-34(51)49(36-44-23(6)32(54-36)29-16-21(4)42-25(8)46-29)48(33(50)37-13-11-26-18-47(10-2)19-40-26)35-43-22(5)31(53-35)28-15-20(3)41-24(7)45-28/h15-19H,9-14H2,1-8H3,(H,37,50)(H,38,51). The second-order valence-corrected chi connectivity index (χ2v) is 14.5. The van der Waals surface area contributed by atoms with Gasteiger partial charge >= 0.3 is 12.1 Å². The first-order valence-electron chi connectivity index (χ1n) is 17.6. The molecule has 0 aromatic carbocycles. The van der Waals surface area contributed by atoms with Crippen molar-refractivity contribution in [1.29, 1.82) is 0 Å². The molecule has 6 heterocycles. The van der Waals surface area contributed by atoms with Crippen LogP contribution in [0.3, 0.4) is 0 Å². The number of carbonyl (C=O) groups excluding carboxylic acids is 2. The molecule has 18 heteroatoms. The van der Waals surface area contributed by atoms with Gasteiger partial charge in [0, 0.05) is 56.5 Å². The number of thiazole rings is 2. The lowest BCUT2D eigenvalue weighted by Crippen LogP contribution is -2.57. The minimum Gasteiger partial charge on any atom is -0.446 e. The van der Waals surface area contributed by atoms with Gasteiger partial charge in [0.15, 0.2) is 5.89 Å². The molecule has 0 atom stereocenters. The molecule has 6 rings (SSSR count). The summed E-state index contributed by atoms with van der Waals surface area (Å²) in [4.78, 5) is 67.1. The van der Waals surface area contributed by atoms with Crippen molar-refractivity contribution in [3.63, 3.8) is 0 Å². The molecule has 0 radical (unpaired) electrons. The predicted molar refractivity (Wildman–Crippen MR) is 208 cm³/mol. The molecule has 4 amide bonds. The first kappa shape index (κ1) is 38.1. The summed E-state index contributed by atoms with van der Waals surface area (Å²) in [5, 5.41) is 8.90. The van der Waals surface area contributed by atoms with Gasteiger partial charge in [0.05, 0.1) is 50.7 Å². The monoisotopic (exact) mass is 769 g/mol. The van der Waals surface area contributed by atoms with Crippen molar-refractivity contribution in [2.45, 2.75) is 81.2 Å². The summed E-state index contributed by atoms with van der Waals surface area (Å²) in [6, 6.07) is 2.55. The van der Waals surface area contributed by atoms with E-state index >= 15 is 0 Å². The number of urea groups is 2. The minimum absolute atomic E-state index is 0.178. The highest BCUT2D eigenvalue weighted by molar-refractivity contribution is 7.20. The number of oxazole rings is 1. The molecule has 6 aromatic heterocycles. The Labute approximate surface area is 321 Å². The van der Waals surface area contributed by atoms with Gasteiger partial charge in [-0.25, -0.2) is 49.5 Å². The fourth-order valence-electron chi connectivity index (χ4n) is 5.67. The maximum atomic E-state index is 14.5. The molecule has 0 saturated heterocycles. The number of aryl methyl sites for hydroxylation is 8. The van der Waals surface area contributed by atoms with Crippen LogP contribution in [0.5, 0.6) is 0 Å². The van der Waals surface area contributed by atoms with Gasteiger partial charge in [-0.15, -0.1) is 0 Å². The van der Waals surface area contributed by atoms with Crippen molar-refractivity contribution in [2.75, 3.05) is 23.1 Å².